The maximum atomic E-state index is 6.01. The topological polar surface area (TPSA) is 21.3 Å². The summed E-state index contributed by atoms with van der Waals surface area (Å²) in [4.78, 5) is 0. The maximum Gasteiger partial charge on any atom is 0.123 e. The number of hydrogen-bond donors (Lipinski definition) is 1. The maximum absolute atomic E-state index is 6.01. The van der Waals surface area contributed by atoms with E-state index in [1.54, 1.807) is 0 Å². The number of nitrogens with one attached hydrogen (secondary N) is 1. The van der Waals surface area contributed by atoms with E-state index in [0.717, 1.165) is 42.1 Å². The minimum atomic E-state index is 0.269. The van der Waals surface area contributed by atoms with Crippen LogP contribution < -0.4 is 10.1 Å². The van der Waals surface area contributed by atoms with Crippen LogP contribution >= 0.6 is 11.6 Å². The van der Waals surface area contributed by atoms with Gasteiger partial charge >= 0.3 is 0 Å². The second-order valence-corrected chi connectivity index (χ2v) is 6.46. The predicted molar refractivity (Wildman–Crippen MR) is 78.9 cm³/mol. The van der Waals surface area contributed by atoms with Gasteiger partial charge in [-0.05, 0) is 48.6 Å². The SMILES string of the molecule is CC1CCCC1CNCC1Cc2cc(Cl)ccc2O1. The third-order valence-corrected chi connectivity index (χ3v) is 4.82. The summed E-state index contributed by atoms with van der Waals surface area (Å²) >= 11 is 6.01. The monoisotopic (exact) mass is 279 g/mol. The largest absolute Gasteiger partial charge is 0.488 e. The van der Waals surface area contributed by atoms with Gasteiger partial charge in [0.25, 0.3) is 0 Å². The molecular weight excluding hydrogens is 258 g/mol. The van der Waals surface area contributed by atoms with E-state index in [-0.39, 0.29) is 6.10 Å². The predicted octanol–water partition coefficient (Wildman–Crippen LogP) is 3.67. The molecule has 0 radical (unpaired) electrons. The van der Waals surface area contributed by atoms with Crippen molar-refractivity contribution in [3.8, 4) is 5.75 Å². The Kier molecular flexibility index (Phi) is 3.99. The molecule has 0 spiro atoms. The minimum Gasteiger partial charge on any atom is -0.488 e. The van der Waals surface area contributed by atoms with E-state index in [1.807, 2.05) is 18.2 Å². The van der Waals surface area contributed by atoms with Gasteiger partial charge in [0.15, 0.2) is 0 Å². The summed E-state index contributed by atoms with van der Waals surface area (Å²) < 4.78 is 5.93. The zero-order chi connectivity index (χ0) is 13.2. The lowest BCUT2D eigenvalue weighted by Gasteiger charge is -2.18. The van der Waals surface area contributed by atoms with Crippen LogP contribution in [0.2, 0.25) is 5.02 Å². The molecule has 0 saturated heterocycles. The highest BCUT2D eigenvalue weighted by molar-refractivity contribution is 6.30. The van der Waals surface area contributed by atoms with E-state index in [0.29, 0.717) is 0 Å². The Bertz CT molecular complexity index is 448. The first-order valence-corrected chi connectivity index (χ1v) is 7.76. The Balaban J connectivity index is 1.46. The van der Waals surface area contributed by atoms with Crippen molar-refractivity contribution in [3.05, 3.63) is 28.8 Å². The van der Waals surface area contributed by atoms with Crippen LogP contribution in [-0.4, -0.2) is 19.2 Å². The van der Waals surface area contributed by atoms with Gasteiger partial charge < -0.3 is 10.1 Å². The second-order valence-electron chi connectivity index (χ2n) is 6.02. The van der Waals surface area contributed by atoms with E-state index in [9.17, 15) is 0 Å². The van der Waals surface area contributed by atoms with Crippen LogP contribution in [0.3, 0.4) is 0 Å². The van der Waals surface area contributed by atoms with Gasteiger partial charge in [-0.3, -0.25) is 0 Å². The van der Waals surface area contributed by atoms with E-state index >= 15 is 0 Å². The number of halogens is 1. The van der Waals surface area contributed by atoms with Gasteiger partial charge in [-0.2, -0.15) is 0 Å². The second kappa shape index (κ2) is 5.72. The Hall–Kier alpha value is -0.730. The summed E-state index contributed by atoms with van der Waals surface area (Å²) in [5.41, 5.74) is 1.24. The van der Waals surface area contributed by atoms with Gasteiger partial charge in [0.05, 0.1) is 0 Å². The molecule has 3 unspecified atom stereocenters. The molecule has 0 amide bonds. The van der Waals surface area contributed by atoms with Crippen molar-refractivity contribution in [2.45, 2.75) is 38.7 Å². The lowest BCUT2D eigenvalue weighted by Crippen LogP contribution is -2.33. The molecule has 3 heteroatoms. The van der Waals surface area contributed by atoms with Crippen molar-refractivity contribution in [2.24, 2.45) is 11.8 Å². The Morgan fingerprint density at radius 1 is 1.32 bits per heavy atom. The molecule has 1 heterocycles. The van der Waals surface area contributed by atoms with Gasteiger partial charge in [0.2, 0.25) is 0 Å². The van der Waals surface area contributed by atoms with Crippen molar-refractivity contribution in [1.29, 1.82) is 0 Å². The molecule has 0 aromatic heterocycles. The molecule has 1 fully saturated rings. The first-order valence-electron chi connectivity index (χ1n) is 7.38. The first-order chi connectivity index (χ1) is 9.22. The van der Waals surface area contributed by atoms with Gasteiger partial charge in [-0.25, -0.2) is 0 Å². The quantitative estimate of drug-likeness (QED) is 0.908. The standard InChI is InChI=1S/C16H22ClNO/c1-11-3-2-4-12(11)9-18-10-15-8-13-7-14(17)5-6-16(13)19-15/h5-7,11-12,15,18H,2-4,8-10H2,1H3. The normalized spacial score (nSPS) is 29.3. The van der Waals surface area contributed by atoms with Crippen LogP contribution in [0.1, 0.15) is 31.7 Å². The van der Waals surface area contributed by atoms with Crippen LogP contribution in [0.25, 0.3) is 0 Å². The molecular formula is C16H22ClNO. The fourth-order valence-corrected chi connectivity index (χ4v) is 3.55. The average Bonchev–Trinajstić information content (AvgIpc) is 2.95. The number of fused-ring (bicyclic) bond motifs is 1. The molecule has 104 valence electrons. The Morgan fingerprint density at radius 3 is 3.00 bits per heavy atom. The van der Waals surface area contributed by atoms with Crippen molar-refractivity contribution < 1.29 is 4.74 Å². The van der Waals surface area contributed by atoms with Gasteiger partial charge in [-0.15, -0.1) is 0 Å². The molecule has 3 rings (SSSR count). The molecule has 1 N–H and O–H groups in total. The highest BCUT2D eigenvalue weighted by atomic mass is 35.5. The summed E-state index contributed by atoms with van der Waals surface area (Å²) in [6, 6.07) is 5.91. The highest BCUT2D eigenvalue weighted by Crippen LogP contribution is 2.32. The summed E-state index contributed by atoms with van der Waals surface area (Å²) in [6.45, 7) is 4.46. The molecule has 1 aliphatic heterocycles. The molecule has 3 atom stereocenters. The van der Waals surface area contributed by atoms with Crippen molar-refractivity contribution in [1.82, 2.24) is 5.32 Å². The van der Waals surface area contributed by atoms with Crippen LogP contribution in [0, 0.1) is 11.8 Å². The third kappa shape index (κ3) is 3.06. The Morgan fingerprint density at radius 2 is 2.21 bits per heavy atom. The van der Waals surface area contributed by atoms with Gasteiger partial charge in [0, 0.05) is 18.0 Å². The van der Waals surface area contributed by atoms with Gasteiger partial charge in [-0.1, -0.05) is 31.4 Å². The fraction of sp³-hybridized carbons (Fsp3) is 0.625. The smallest absolute Gasteiger partial charge is 0.123 e. The van der Waals surface area contributed by atoms with Gasteiger partial charge in [0.1, 0.15) is 11.9 Å². The average molecular weight is 280 g/mol. The number of rotatable bonds is 4. The Labute approximate surface area is 120 Å². The summed E-state index contributed by atoms with van der Waals surface area (Å²) in [6.07, 6.45) is 5.43. The molecule has 1 aromatic carbocycles. The molecule has 2 aliphatic rings. The summed E-state index contributed by atoms with van der Waals surface area (Å²) in [5, 5.41) is 4.39. The zero-order valence-corrected chi connectivity index (χ0v) is 12.2. The van der Waals surface area contributed by atoms with E-state index in [1.165, 1.54) is 24.8 Å². The lowest BCUT2D eigenvalue weighted by molar-refractivity contribution is 0.222. The third-order valence-electron chi connectivity index (χ3n) is 4.58. The highest BCUT2D eigenvalue weighted by Gasteiger charge is 2.25. The molecule has 0 bridgehead atoms. The number of hydrogen-bond acceptors (Lipinski definition) is 2. The van der Waals surface area contributed by atoms with Crippen LogP contribution in [0.5, 0.6) is 5.75 Å². The van der Waals surface area contributed by atoms with E-state index in [4.69, 9.17) is 16.3 Å². The molecule has 19 heavy (non-hydrogen) atoms. The van der Waals surface area contributed by atoms with Crippen molar-refractivity contribution in [2.75, 3.05) is 13.1 Å². The first kappa shape index (κ1) is 13.3. The zero-order valence-electron chi connectivity index (χ0n) is 11.5. The van der Waals surface area contributed by atoms with Crippen molar-refractivity contribution >= 4 is 11.6 Å². The molecule has 1 aliphatic carbocycles. The summed E-state index contributed by atoms with van der Waals surface area (Å²) in [7, 11) is 0. The summed E-state index contributed by atoms with van der Waals surface area (Å²) in [5.74, 6) is 2.75. The van der Waals surface area contributed by atoms with E-state index in [2.05, 4.69) is 12.2 Å². The number of ether oxygens (including phenoxy) is 1. The fourth-order valence-electron chi connectivity index (χ4n) is 3.36. The van der Waals surface area contributed by atoms with Crippen molar-refractivity contribution in [3.63, 3.8) is 0 Å². The van der Waals surface area contributed by atoms with E-state index < -0.39 is 0 Å². The molecule has 2 nitrogen and oxygen atoms in total. The lowest BCUT2D eigenvalue weighted by atomic mass is 9.98. The van der Waals surface area contributed by atoms with Crippen LogP contribution in [0.15, 0.2) is 18.2 Å². The minimum absolute atomic E-state index is 0.269. The molecule has 1 aromatic rings. The number of benzene rings is 1. The van der Waals surface area contributed by atoms with Crippen LogP contribution in [-0.2, 0) is 6.42 Å². The van der Waals surface area contributed by atoms with Crippen LogP contribution in [0.4, 0.5) is 0 Å². The molecule has 1 saturated carbocycles.